The van der Waals surface area contributed by atoms with Crippen LogP contribution in [0.15, 0.2) is 16.9 Å². The summed E-state index contributed by atoms with van der Waals surface area (Å²) in [7, 11) is 0. The average Bonchev–Trinajstić information content (AvgIpc) is 2.22. The molecule has 0 radical (unpaired) electrons. The number of nitrogens with zero attached hydrogens (tertiary/aromatic N) is 1. The molecule has 1 heterocycles. The molecule has 1 aromatic rings. The van der Waals surface area contributed by atoms with E-state index in [4.69, 9.17) is 0 Å². The van der Waals surface area contributed by atoms with Gasteiger partial charge in [0.25, 0.3) is 5.56 Å². The quantitative estimate of drug-likeness (QED) is 0.744. The maximum Gasteiger partial charge on any atom is 0.251 e. The molecule has 0 saturated heterocycles. The van der Waals surface area contributed by atoms with Gasteiger partial charge in [0.05, 0.1) is 6.54 Å². The van der Waals surface area contributed by atoms with Crippen LogP contribution in [0.3, 0.4) is 0 Å². The van der Waals surface area contributed by atoms with E-state index in [-0.39, 0.29) is 23.7 Å². The van der Waals surface area contributed by atoms with Gasteiger partial charge in [-0.05, 0) is 25.8 Å². The third-order valence-electron chi connectivity index (χ3n) is 2.79. The fourth-order valence-corrected chi connectivity index (χ4v) is 2.09. The highest BCUT2D eigenvalue weighted by atomic mass is 16.1. The predicted molar refractivity (Wildman–Crippen MR) is 58.7 cm³/mol. The zero-order valence-corrected chi connectivity index (χ0v) is 9.16. The molecule has 16 heavy (non-hydrogen) atoms. The molecule has 0 unspecified atom stereocenters. The molecule has 1 aliphatic carbocycles. The maximum atomic E-state index is 11.6. The summed E-state index contributed by atoms with van der Waals surface area (Å²) in [6.45, 7) is 1.51. The lowest BCUT2D eigenvalue weighted by Gasteiger charge is -2.19. The van der Waals surface area contributed by atoms with Crippen LogP contribution in [0, 0.1) is 0 Å². The van der Waals surface area contributed by atoms with Crippen molar-refractivity contribution >= 4 is 11.6 Å². The largest absolute Gasteiger partial charge is 0.305 e. The van der Waals surface area contributed by atoms with Gasteiger partial charge in [0.1, 0.15) is 5.78 Å². The zero-order chi connectivity index (χ0) is 11.7. The lowest BCUT2D eigenvalue weighted by molar-refractivity contribution is -0.117. The number of Topliss-reactive ketones (excluding diaryl/α,β-unsaturated/α-hetero) is 2. The van der Waals surface area contributed by atoms with Gasteiger partial charge in [-0.2, -0.15) is 0 Å². The summed E-state index contributed by atoms with van der Waals surface area (Å²) >= 11 is 0. The molecule has 0 amide bonds. The Bertz CT molecular complexity index is 513. The second-order valence-electron chi connectivity index (χ2n) is 4.10. The van der Waals surface area contributed by atoms with E-state index in [1.807, 2.05) is 0 Å². The summed E-state index contributed by atoms with van der Waals surface area (Å²) in [6.07, 6.45) is 1.99. The second-order valence-corrected chi connectivity index (χ2v) is 4.10. The van der Waals surface area contributed by atoms with Crippen molar-refractivity contribution in [2.75, 3.05) is 0 Å². The van der Waals surface area contributed by atoms with Gasteiger partial charge < -0.3 is 4.57 Å². The standard InChI is InChI=1S/C12H13NO3/c1-8(14)7-13-10-3-2-4-11(15)9(10)5-6-12(13)16/h5-6H,2-4,7H2,1H3. The van der Waals surface area contributed by atoms with Crippen molar-refractivity contribution in [2.45, 2.75) is 32.7 Å². The van der Waals surface area contributed by atoms with E-state index >= 15 is 0 Å². The molecule has 0 atom stereocenters. The average molecular weight is 219 g/mol. The monoisotopic (exact) mass is 219 g/mol. The van der Waals surface area contributed by atoms with Crippen LogP contribution in [-0.2, 0) is 17.8 Å². The summed E-state index contributed by atoms with van der Waals surface area (Å²) in [4.78, 5) is 34.4. The lowest BCUT2D eigenvalue weighted by Crippen LogP contribution is -2.29. The number of rotatable bonds is 2. The van der Waals surface area contributed by atoms with Crippen LogP contribution in [-0.4, -0.2) is 16.1 Å². The van der Waals surface area contributed by atoms with Crippen LogP contribution >= 0.6 is 0 Å². The first-order valence-corrected chi connectivity index (χ1v) is 5.35. The molecular weight excluding hydrogens is 206 g/mol. The number of carbonyl (C=O) groups is 2. The minimum absolute atomic E-state index is 0.0648. The first-order chi connectivity index (χ1) is 7.59. The number of hydrogen-bond donors (Lipinski definition) is 0. The fraction of sp³-hybridized carbons (Fsp3) is 0.417. The van der Waals surface area contributed by atoms with Gasteiger partial charge >= 0.3 is 0 Å². The number of hydrogen-bond acceptors (Lipinski definition) is 3. The number of carbonyl (C=O) groups excluding carboxylic acids is 2. The normalized spacial score (nSPS) is 14.7. The SMILES string of the molecule is CC(=O)Cn1c2c(ccc1=O)C(=O)CCC2. The topological polar surface area (TPSA) is 56.1 Å². The Balaban J connectivity index is 2.58. The molecule has 84 valence electrons. The molecular formula is C12H13NO3. The fourth-order valence-electron chi connectivity index (χ4n) is 2.09. The molecule has 0 fully saturated rings. The predicted octanol–water partition coefficient (Wildman–Crippen LogP) is 0.956. The molecule has 2 rings (SSSR count). The molecule has 0 saturated carbocycles. The van der Waals surface area contributed by atoms with Gasteiger partial charge in [-0.3, -0.25) is 14.4 Å². The van der Waals surface area contributed by atoms with Crippen LogP contribution in [0.1, 0.15) is 35.8 Å². The van der Waals surface area contributed by atoms with Crippen molar-refractivity contribution in [3.8, 4) is 0 Å². The molecule has 0 N–H and O–H groups in total. The van der Waals surface area contributed by atoms with E-state index in [2.05, 4.69) is 0 Å². The number of pyridine rings is 1. The van der Waals surface area contributed by atoms with E-state index in [0.29, 0.717) is 18.4 Å². The molecule has 4 nitrogen and oxygen atoms in total. The van der Waals surface area contributed by atoms with Crippen molar-refractivity contribution in [3.63, 3.8) is 0 Å². The third kappa shape index (κ3) is 1.83. The Morgan fingerprint density at radius 1 is 1.31 bits per heavy atom. The van der Waals surface area contributed by atoms with E-state index in [0.717, 1.165) is 12.1 Å². The van der Waals surface area contributed by atoms with Gasteiger partial charge in [0, 0.05) is 23.7 Å². The van der Waals surface area contributed by atoms with Crippen molar-refractivity contribution < 1.29 is 9.59 Å². The number of aromatic nitrogens is 1. The van der Waals surface area contributed by atoms with Crippen LogP contribution in [0.2, 0.25) is 0 Å². The summed E-state index contributed by atoms with van der Waals surface area (Å²) in [5.41, 5.74) is 1.12. The summed E-state index contributed by atoms with van der Waals surface area (Å²) in [6, 6.07) is 2.95. The number of ketones is 2. The Labute approximate surface area is 92.9 Å². The first-order valence-electron chi connectivity index (χ1n) is 5.35. The molecule has 1 aromatic heterocycles. The van der Waals surface area contributed by atoms with Crippen molar-refractivity contribution in [2.24, 2.45) is 0 Å². The van der Waals surface area contributed by atoms with E-state index in [1.54, 1.807) is 6.07 Å². The highest BCUT2D eigenvalue weighted by Crippen LogP contribution is 2.19. The van der Waals surface area contributed by atoms with Gasteiger partial charge in [-0.1, -0.05) is 0 Å². The van der Waals surface area contributed by atoms with Gasteiger partial charge in [-0.25, -0.2) is 0 Å². The minimum atomic E-state index is -0.205. The number of fused-ring (bicyclic) bond motifs is 1. The summed E-state index contributed by atoms with van der Waals surface area (Å²) in [5, 5.41) is 0. The summed E-state index contributed by atoms with van der Waals surface area (Å²) in [5.74, 6) is -0.00734. The van der Waals surface area contributed by atoms with E-state index < -0.39 is 0 Å². The zero-order valence-electron chi connectivity index (χ0n) is 9.16. The highest BCUT2D eigenvalue weighted by Gasteiger charge is 2.20. The Kier molecular flexibility index (Phi) is 2.73. The molecule has 0 spiro atoms. The first kappa shape index (κ1) is 10.8. The maximum absolute atomic E-state index is 11.6. The summed E-state index contributed by atoms with van der Waals surface area (Å²) < 4.78 is 1.43. The van der Waals surface area contributed by atoms with Gasteiger partial charge in [-0.15, -0.1) is 0 Å². The van der Waals surface area contributed by atoms with Crippen LogP contribution in [0.4, 0.5) is 0 Å². The third-order valence-corrected chi connectivity index (χ3v) is 2.79. The van der Waals surface area contributed by atoms with Crippen LogP contribution < -0.4 is 5.56 Å². The smallest absolute Gasteiger partial charge is 0.251 e. The van der Waals surface area contributed by atoms with E-state index in [9.17, 15) is 14.4 Å². The highest BCUT2D eigenvalue weighted by molar-refractivity contribution is 5.98. The Morgan fingerprint density at radius 2 is 2.06 bits per heavy atom. The molecule has 0 aliphatic heterocycles. The van der Waals surface area contributed by atoms with Crippen LogP contribution in [0.5, 0.6) is 0 Å². The van der Waals surface area contributed by atoms with Crippen molar-refractivity contribution in [1.82, 2.24) is 4.57 Å². The second kappa shape index (κ2) is 4.04. The van der Waals surface area contributed by atoms with Gasteiger partial charge in [0.15, 0.2) is 5.78 Å². The van der Waals surface area contributed by atoms with E-state index in [1.165, 1.54) is 17.6 Å². The Morgan fingerprint density at radius 3 is 2.75 bits per heavy atom. The van der Waals surface area contributed by atoms with Crippen LogP contribution in [0.25, 0.3) is 0 Å². The van der Waals surface area contributed by atoms with Gasteiger partial charge in [0.2, 0.25) is 0 Å². The van der Waals surface area contributed by atoms with Crippen molar-refractivity contribution in [3.05, 3.63) is 33.7 Å². The minimum Gasteiger partial charge on any atom is -0.305 e. The molecule has 1 aliphatic rings. The molecule has 4 heteroatoms. The molecule has 0 aromatic carbocycles. The molecule has 0 bridgehead atoms. The van der Waals surface area contributed by atoms with Crippen molar-refractivity contribution in [1.29, 1.82) is 0 Å². The Hall–Kier alpha value is -1.71. The lowest BCUT2D eigenvalue weighted by atomic mass is 9.94.